The second-order valence-electron chi connectivity index (χ2n) is 5.63. The van der Waals surface area contributed by atoms with Crippen molar-refractivity contribution >= 4 is 26.8 Å². The predicted octanol–water partition coefficient (Wildman–Crippen LogP) is 4.02. The van der Waals surface area contributed by atoms with Crippen molar-refractivity contribution < 1.29 is 9.63 Å². The van der Waals surface area contributed by atoms with Crippen LogP contribution in [0.3, 0.4) is 0 Å². The molecule has 0 saturated carbocycles. The topological polar surface area (TPSA) is 92.0 Å². The van der Waals surface area contributed by atoms with E-state index in [4.69, 9.17) is 4.52 Å². The van der Waals surface area contributed by atoms with Crippen LogP contribution in [0.5, 0.6) is 5.75 Å². The normalized spacial score (nSPS) is 11.1. The quantitative estimate of drug-likeness (QED) is 0.532. The number of hydrogen-bond acceptors (Lipinski definition) is 5. The smallest absolute Gasteiger partial charge is 0.267 e. The molecule has 0 bridgehead atoms. The number of aromatic nitrogens is 3. The molecule has 2 N–H and O–H groups in total. The van der Waals surface area contributed by atoms with Crippen LogP contribution in [0, 0.1) is 6.92 Å². The minimum Gasteiger partial charge on any atom is -0.506 e. The van der Waals surface area contributed by atoms with E-state index in [0.717, 1.165) is 15.6 Å². The minimum atomic E-state index is -0.490. The van der Waals surface area contributed by atoms with Gasteiger partial charge in [0.25, 0.3) is 11.4 Å². The number of aromatic hydroxyl groups is 1. The van der Waals surface area contributed by atoms with Gasteiger partial charge in [0.2, 0.25) is 5.82 Å². The summed E-state index contributed by atoms with van der Waals surface area (Å²) in [6.07, 6.45) is 0. The molecule has 7 heteroatoms. The molecule has 0 aliphatic heterocycles. The lowest BCUT2D eigenvalue weighted by molar-refractivity contribution is 0.426. The maximum Gasteiger partial charge on any atom is 0.267 e. The molecule has 0 spiro atoms. The van der Waals surface area contributed by atoms with Crippen LogP contribution in [-0.4, -0.2) is 20.2 Å². The number of rotatable bonds is 2. The highest BCUT2D eigenvalue weighted by Gasteiger charge is 2.21. The molecule has 2 aromatic heterocycles. The fourth-order valence-corrected chi connectivity index (χ4v) is 3.13. The van der Waals surface area contributed by atoms with E-state index in [1.165, 1.54) is 0 Å². The molecule has 2 heterocycles. The van der Waals surface area contributed by atoms with Crippen LogP contribution in [0.25, 0.3) is 33.7 Å². The first kappa shape index (κ1) is 15.6. The fraction of sp³-hybridized carbons (Fsp3) is 0.0556. The highest BCUT2D eigenvalue weighted by Crippen LogP contribution is 2.33. The molecule has 6 nitrogen and oxygen atoms in total. The van der Waals surface area contributed by atoms with E-state index in [2.05, 4.69) is 31.1 Å². The number of aromatic amines is 1. The van der Waals surface area contributed by atoms with Crippen molar-refractivity contribution in [2.24, 2.45) is 0 Å². The predicted molar refractivity (Wildman–Crippen MR) is 97.4 cm³/mol. The van der Waals surface area contributed by atoms with Crippen molar-refractivity contribution in [3.63, 3.8) is 0 Å². The summed E-state index contributed by atoms with van der Waals surface area (Å²) >= 11 is 3.43. The molecular weight excluding hydrogens is 386 g/mol. The molecule has 124 valence electrons. The summed E-state index contributed by atoms with van der Waals surface area (Å²) in [7, 11) is 0. The fourth-order valence-electron chi connectivity index (χ4n) is 2.67. The number of nitrogens with one attached hydrogen (secondary N) is 1. The summed E-state index contributed by atoms with van der Waals surface area (Å²) in [6, 6.07) is 12.8. The van der Waals surface area contributed by atoms with Gasteiger partial charge in [0, 0.05) is 15.4 Å². The van der Waals surface area contributed by atoms with E-state index in [1.54, 1.807) is 12.1 Å². The summed E-state index contributed by atoms with van der Waals surface area (Å²) in [5.41, 5.74) is 1.70. The molecule has 0 unspecified atom stereocenters. The van der Waals surface area contributed by atoms with E-state index in [9.17, 15) is 9.90 Å². The third-order valence-electron chi connectivity index (χ3n) is 3.90. The van der Waals surface area contributed by atoms with Crippen LogP contribution in [0.4, 0.5) is 0 Å². The van der Waals surface area contributed by atoms with Gasteiger partial charge in [-0.1, -0.05) is 44.8 Å². The van der Waals surface area contributed by atoms with Gasteiger partial charge in [-0.2, -0.15) is 4.98 Å². The lowest BCUT2D eigenvalue weighted by atomic mass is 10.1. The van der Waals surface area contributed by atoms with Crippen molar-refractivity contribution in [1.29, 1.82) is 0 Å². The van der Waals surface area contributed by atoms with Crippen molar-refractivity contribution in [2.45, 2.75) is 6.92 Å². The molecule has 4 rings (SSSR count). The van der Waals surface area contributed by atoms with Crippen LogP contribution in [0.1, 0.15) is 5.56 Å². The Morgan fingerprint density at radius 3 is 2.80 bits per heavy atom. The average molecular weight is 398 g/mol. The second-order valence-corrected chi connectivity index (χ2v) is 6.48. The van der Waals surface area contributed by atoms with E-state index < -0.39 is 5.56 Å². The lowest BCUT2D eigenvalue weighted by Gasteiger charge is -2.05. The number of fused-ring (bicyclic) bond motifs is 1. The van der Waals surface area contributed by atoms with Gasteiger partial charge < -0.3 is 14.6 Å². The van der Waals surface area contributed by atoms with E-state index in [0.29, 0.717) is 16.7 Å². The Labute approximate surface area is 150 Å². The molecule has 25 heavy (non-hydrogen) atoms. The van der Waals surface area contributed by atoms with Crippen molar-refractivity contribution in [3.05, 3.63) is 62.9 Å². The number of benzene rings is 2. The van der Waals surface area contributed by atoms with Gasteiger partial charge in [0.1, 0.15) is 11.3 Å². The Bertz CT molecular complexity index is 1160. The molecule has 2 aromatic carbocycles. The van der Waals surface area contributed by atoms with Crippen LogP contribution >= 0.6 is 15.9 Å². The Kier molecular flexibility index (Phi) is 3.65. The number of aryl methyl sites for hydroxylation is 1. The lowest BCUT2D eigenvalue weighted by Crippen LogP contribution is -2.09. The Morgan fingerprint density at radius 1 is 1.20 bits per heavy atom. The van der Waals surface area contributed by atoms with Gasteiger partial charge in [-0.05, 0) is 31.2 Å². The maximum absolute atomic E-state index is 12.4. The summed E-state index contributed by atoms with van der Waals surface area (Å²) in [6.45, 7) is 1.90. The van der Waals surface area contributed by atoms with E-state index >= 15 is 0 Å². The van der Waals surface area contributed by atoms with Crippen molar-refractivity contribution in [3.8, 4) is 28.6 Å². The maximum atomic E-state index is 12.4. The third-order valence-corrected chi connectivity index (χ3v) is 4.59. The second kappa shape index (κ2) is 5.86. The van der Waals surface area contributed by atoms with E-state index in [-0.39, 0.29) is 17.2 Å². The zero-order valence-electron chi connectivity index (χ0n) is 13.1. The summed E-state index contributed by atoms with van der Waals surface area (Å²) in [4.78, 5) is 19.4. The number of pyridine rings is 1. The zero-order valence-corrected chi connectivity index (χ0v) is 14.7. The standard InChI is InChI=1S/C18H12BrN3O3/c1-9-6-7-13-11(8-9)15(23)14(17(24)20-13)18-21-16(22-25-18)10-4-2-3-5-12(10)19/h2-8H,1H3,(H2,20,23,24). The number of H-pyrrole nitrogens is 1. The molecule has 0 amide bonds. The SMILES string of the molecule is Cc1ccc2[nH]c(=O)c(-c3nc(-c4ccccc4Br)no3)c(O)c2c1. The van der Waals surface area contributed by atoms with Gasteiger partial charge in [-0.3, -0.25) is 4.79 Å². The van der Waals surface area contributed by atoms with Gasteiger partial charge in [0.05, 0.1) is 5.52 Å². The first-order valence-electron chi connectivity index (χ1n) is 7.49. The largest absolute Gasteiger partial charge is 0.506 e. The molecule has 0 aliphatic rings. The number of hydrogen-bond donors (Lipinski definition) is 2. The molecule has 0 atom stereocenters. The van der Waals surface area contributed by atoms with Crippen molar-refractivity contribution in [2.75, 3.05) is 0 Å². The molecule has 0 saturated heterocycles. The van der Waals surface area contributed by atoms with Gasteiger partial charge >= 0.3 is 0 Å². The Balaban J connectivity index is 1.91. The van der Waals surface area contributed by atoms with Crippen LogP contribution < -0.4 is 5.56 Å². The van der Waals surface area contributed by atoms with Crippen LogP contribution in [0.2, 0.25) is 0 Å². The number of halogens is 1. The molecule has 0 fully saturated rings. The molecule has 4 aromatic rings. The van der Waals surface area contributed by atoms with Crippen LogP contribution in [0.15, 0.2) is 56.3 Å². The monoisotopic (exact) mass is 397 g/mol. The summed E-state index contributed by atoms with van der Waals surface area (Å²) < 4.78 is 6.04. The highest BCUT2D eigenvalue weighted by atomic mass is 79.9. The van der Waals surface area contributed by atoms with Gasteiger partial charge in [-0.15, -0.1) is 0 Å². The summed E-state index contributed by atoms with van der Waals surface area (Å²) in [5, 5.41) is 15.0. The first-order chi connectivity index (χ1) is 12.0. The average Bonchev–Trinajstić information content (AvgIpc) is 3.05. The zero-order chi connectivity index (χ0) is 17.6. The highest BCUT2D eigenvalue weighted by molar-refractivity contribution is 9.10. The first-order valence-corrected chi connectivity index (χ1v) is 8.28. The molecular formula is C18H12BrN3O3. The van der Waals surface area contributed by atoms with Crippen molar-refractivity contribution in [1.82, 2.24) is 15.1 Å². The van der Waals surface area contributed by atoms with Gasteiger partial charge in [-0.25, -0.2) is 0 Å². The minimum absolute atomic E-state index is 0.0343. The van der Waals surface area contributed by atoms with Gasteiger partial charge in [0.15, 0.2) is 0 Å². The summed E-state index contributed by atoms with van der Waals surface area (Å²) in [5.74, 6) is 0.114. The Hall–Kier alpha value is -2.93. The third kappa shape index (κ3) is 2.62. The number of nitrogens with zero attached hydrogens (tertiary/aromatic N) is 2. The Morgan fingerprint density at radius 2 is 2.00 bits per heavy atom. The molecule has 0 aliphatic carbocycles. The van der Waals surface area contributed by atoms with E-state index in [1.807, 2.05) is 37.3 Å². The van der Waals surface area contributed by atoms with Crippen LogP contribution in [-0.2, 0) is 0 Å². The molecule has 0 radical (unpaired) electrons.